The van der Waals surface area contributed by atoms with E-state index in [1.54, 1.807) is 0 Å². The van der Waals surface area contributed by atoms with Crippen molar-refractivity contribution in [2.24, 2.45) is 11.8 Å². The van der Waals surface area contributed by atoms with E-state index in [4.69, 9.17) is 14.2 Å². The van der Waals surface area contributed by atoms with Gasteiger partial charge in [0.15, 0.2) is 0 Å². The van der Waals surface area contributed by atoms with Crippen molar-refractivity contribution in [1.29, 1.82) is 0 Å². The highest BCUT2D eigenvalue weighted by atomic mass is 16.7. The molecule has 0 aromatic rings. The second-order valence-electron chi connectivity index (χ2n) is 4.00. The Morgan fingerprint density at radius 1 is 0.727 bits per heavy atom. The Morgan fingerprint density at radius 3 is 1.91 bits per heavy atom. The van der Waals surface area contributed by atoms with Crippen LogP contribution in [-0.4, -0.2) is 37.6 Å². The van der Waals surface area contributed by atoms with Crippen molar-refractivity contribution in [2.45, 2.75) is 24.4 Å². The average Bonchev–Trinajstić information content (AvgIpc) is 2.46. The second-order valence-corrected chi connectivity index (χ2v) is 4.00. The smallest absolute Gasteiger partial charge is 0.113 e. The van der Waals surface area contributed by atoms with E-state index in [2.05, 4.69) is 0 Å². The lowest BCUT2D eigenvalue weighted by atomic mass is 9.82. The molecule has 6 atom stereocenters. The van der Waals surface area contributed by atoms with E-state index in [9.17, 15) is 0 Å². The van der Waals surface area contributed by atoms with Gasteiger partial charge in [0.05, 0.1) is 25.4 Å². The molecule has 4 fully saturated rings. The van der Waals surface area contributed by atoms with Crippen LogP contribution in [0, 0.1) is 11.8 Å². The lowest BCUT2D eigenvalue weighted by Crippen LogP contribution is -2.31. The molecule has 0 aromatic carbocycles. The molecule has 0 amide bonds. The average molecular weight is 154 g/mol. The second kappa shape index (κ2) is 1.49. The van der Waals surface area contributed by atoms with Gasteiger partial charge < -0.3 is 14.2 Å². The van der Waals surface area contributed by atoms with Crippen LogP contribution >= 0.6 is 0 Å². The van der Waals surface area contributed by atoms with Crippen molar-refractivity contribution >= 4 is 0 Å². The summed E-state index contributed by atoms with van der Waals surface area (Å²) in [5.41, 5.74) is 0. The van der Waals surface area contributed by atoms with Gasteiger partial charge in [-0.15, -0.1) is 0 Å². The molecule has 4 heterocycles. The molecule has 11 heavy (non-hydrogen) atoms. The van der Waals surface area contributed by atoms with Crippen LogP contribution in [0.25, 0.3) is 0 Å². The molecule has 3 heteroatoms. The first-order valence-electron chi connectivity index (χ1n) is 4.34. The maximum absolute atomic E-state index is 5.80. The molecular formula is C8H10O3. The Balaban J connectivity index is 1.79. The molecule has 4 rings (SSSR count). The van der Waals surface area contributed by atoms with Crippen molar-refractivity contribution in [1.82, 2.24) is 0 Å². The third-order valence-corrected chi connectivity index (χ3v) is 3.54. The summed E-state index contributed by atoms with van der Waals surface area (Å²) in [6.07, 6.45) is 1.67. The van der Waals surface area contributed by atoms with Crippen LogP contribution in [0.1, 0.15) is 0 Å². The highest BCUT2D eigenvalue weighted by Crippen LogP contribution is 2.55. The van der Waals surface area contributed by atoms with Gasteiger partial charge in [-0.25, -0.2) is 0 Å². The Hall–Kier alpha value is -0.120. The Bertz CT molecular complexity index is 193. The first-order chi connectivity index (χ1) is 5.45. The van der Waals surface area contributed by atoms with Crippen LogP contribution in [0.4, 0.5) is 0 Å². The van der Waals surface area contributed by atoms with Crippen molar-refractivity contribution in [3.05, 3.63) is 0 Å². The SMILES string of the molecule is C1OC[C@@H]2[C@@H]1[C@H]1O[C@H]2[C@H]2O[C@H]21. The van der Waals surface area contributed by atoms with Crippen LogP contribution in [0.2, 0.25) is 0 Å². The molecule has 3 nitrogen and oxygen atoms in total. The lowest BCUT2D eigenvalue weighted by molar-refractivity contribution is -0.0163. The third-order valence-electron chi connectivity index (χ3n) is 3.54. The van der Waals surface area contributed by atoms with E-state index < -0.39 is 0 Å². The van der Waals surface area contributed by atoms with Crippen molar-refractivity contribution in [2.75, 3.05) is 13.2 Å². The Kier molecular flexibility index (Phi) is 0.746. The van der Waals surface area contributed by atoms with Crippen molar-refractivity contribution in [3.63, 3.8) is 0 Å². The number of ether oxygens (including phenoxy) is 3. The monoisotopic (exact) mass is 154 g/mol. The zero-order chi connectivity index (χ0) is 7.00. The van der Waals surface area contributed by atoms with Gasteiger partial charge in [0, 0.05) is 11.8 Å². The quantitative estimate of drug-likeness (QED) is 0.453. The van der Waals surface area contributed by atoms with E-state index in [0.29, 0.717) is 36.3 Å². The number of rotatable bonds is 0. The fourth-order valence-corrected chi connectivity index (χ4v) is 2.95. The lowest BCUT2D eigenvalue weighted by Gasteiger charge is -2.14. The molecular weight excluding hydrogens is 144 g/mol. The zero-order valence-electron chi connectivity index (χ0n) is 6.10. The highest BCUT2D eigenvalue weighted by Gasteiger charge is 2.70. The van der Waals surface area contributed by atoms with Crippen LogP contribution < -0.4 is 0 Å². The van der Waals surface area contributed by atoms with Gasteiger partial charge in [-0.3, -0.25) is 0 Å². The number of hydrogen-bond acceptors (Lipinski definition) is 3. The van der Waals surface area contributed by atoms with E-state index in [-0.39, 0.29) is 0 Å². The third kappa shape index (κ3) is 0.477. The molecule has 0 N–H and O–H groups in total. The molecule has 4 saturated heterocycles. The van der Waals surface area contributed by atoms with Gasteiger partial charge in [-0.1, -0.05) is 0 Å². The van der Waals surface area contributed by atoms with Crippen molar-refractivity contribution < 1.29 is 14.2 Å². The minimum absolute atomic E-state index is 0.387. The van der Waals surface area contributed by atoms with Crippen molar-refractivity contribution in [3.8, 4) is 0 Å². The fourth-order valence-electron chi connectivity index (χ4n) is 2.95. The molecule has 0 aromatic heterocycles. The highest BCUT2D eigenvalue weighted by molar-refractivity contribution is 5.15. The van der Waals surface area contributed by atoms with E-state index in [1.807, 2.05) is 0 Å². The van der Waals surface area contributed by atoms with Gasteiger partial charge in [0.1, 0.15) is 12.2 Å². The molecule has 0 aliphatic carbocycles. The summed E-state index contributed by atoms with van der Waals surface area (Å²) in [6.45, 7) is 1.80. The number of epoxide rings is 1. The van der Waals surface area contributed by atoms with E-state index >= 15 is 0 Å². The van der Waals surface area contributed by atoms with Crippen LogP contribution in [-0.2, 0) is 14.2 Å². The predicted octanol–water partition coefficient (Wildman–Crippen LogP) is -0.203. The molecule has 0 spiro atoms. The van der Waals surface area contributed by atoms with Gasteiger partial charge >= 0.3 is 0 Å². The molecule has 4 aliphatic rings. The molecule has 0 saturated carbocycles. The first kappa shape index (κ1) is 5.51. The molecule has 60 valence electrons. The molecule has 0 unspecified atom stereocenters. The fraction of sp³-hybridized carbons (Fsp3) is 1.00. The summed E-state index contributed by atoms with van der Waals surface area (Å²) in [5.74, 6) is 1.31. The number of fused-ring (bicyclic) bond motifs is 8. The van der Waals surface area contributed by atoms with E-state index in [0.717, 1.165) is 13.2 Å². The predicted molar refractivity (Wildman–Crippen MR) is 35.1 cm³/mol. The summed E-state index contributed by atoms with van der Waals surface area (Å²) in [4.78, 5) is 0. The van der Waals surface area contributed by atoms with Crippen LogP contribution in [0.5, 0.6) is 0 Å². The number of hydrogen-bond donors (Lipinski definition) is 0. The Morgan fingerprint density at radius 2 is 1.27 bits per heavy atom. The van der Waals surface area contributed by atoms with Gasteiger partial charge in [0.2, 0.25) is 0 Å². The van der Waals surface area contributed by atoms with Crippen LogP contribution in [0.3, 0.4) is 0 Å². The zero-order valence-corrected chi connectivity index (χ0v) is 6.10. The molecule has 4 aliphatic heterocycles. The largest absolute Gasteiger partial charge is 0.381 e. The van der Waals surface area contributed by atoms with Crippen LogP contribution in [0.15, 0.2) is 0 Å². The van der Waals surface area contributed by atoms with Gasteiger partial charge in [-0.2, -0.15) is 0 Å². The minimum Gasteiger partial charge on any atom is -0.381 e. The molecule has 2 bridgehead atoms. The van der Waals surface area contributed by atoms with Gasteiger partial charge in [-0.05, 0) is 0 Å². The summed E-state index contributed by atoms with van der Waals surface area (Å²) in [7, 11) is 0. The summed E-state index contributed by atoms with van der Waals surface area (Å²) < 4.78 is 16.7. The van der Waals surface area contributed by atoms with E-state index in [1.165, 1.54) is 0 Å². The summed E-state index contributed by atoms with van der Waals surface area (Å²) in [5, 5.41) is 0. The first-order valence-corrected chi connectivity index (χ1v) is 4.34. The Labute approximate surface area is 64.6 Å². The topological polar surface area (TPSA) is 31.0 Å². The summed E-state index contributed by atoms with van der Waals surface area (Å²) >= 11 is 0. The standard InChI is InChI=1S/C8H10O3/c1-3-4(2-9-1)6-8-7(11-8)5(3)10-6/h3-8H,1-2H2/t3-,4-,5-,6-,7-,8+/m1/s1. The summed E-state index contributed by atoms with van der Waals surface area (Å²) in [6, 6.07) is 0. The van der Waals surface area contributed by atoms with Gasteiger partial charge in [0.25, 0.3) is 0 Å². The normalized spacial score (nSPS) is 69.8. The molecule has 0 radical (unpaired) electrons. The maximum atomic E-state index is 5.80. The minimum atomic E-state index is 0.387. The maximum Gasteiger partial charge on any atom is 0.113 e.